The molecule has 0 unspecified atom stereocenters. The van der Waals surface area contributed by atoms with E-state index in [1.54, 1.807) is 11.0 Å². The number of aliphatic hydroxyl groups excluding tert-OH is 1. The van der Waals surface area contributed by atoms with E-state index >= 15 is 0 Å². The molecule has 5 N–H and O–H groups in total. The van der Waals surface area contributed by atoms with Crippen molar-refractivity contribution in [2.75, 3.05) is 23.8 Å². The standard InChI is InChI=1S/C20H23F3N6O2/c21-20(22,23)15-8-25-19(28-17(15)26-13-3-4-13)27-14-2-1-12-9-29(6-5-11(12)7-14)18(31)16(24)10-30/h1-2,7-8,13,16,30H,3-6,9-10,24H2,(H2,25,26,27,28)/t16-/m1/s1. The summed E-state index contributed by atoms with van der Waals surface area (Å²) in [6.45, 7) is 0.444. The van der Waals surface area contributed by atoms with Crippen LogP contribution < -0.4 is 16.4 Å². The summed E-state index contributed by atoms with van der Waals surface area (Å²) in [6, 6.07) is 4.55. The van der Waals surface area contributed by atoms with Crippen molar-refractivity contribution in [2.24, 2.45) is 5.73 Å². The van der Waals surface area contributed by atoms with Crippen molar-refractivity contribution in [2.45, 2.75) is 44.1 Å². The van der Waals surface area contributed by atoms with E-state index < -0.39 is 24.4 Å². The Morgan fingerprint density at radius 3 is 2.77 bits per heavy atom. The fraction of sp³-hybridized carbons (Fsp3) is 0.450. The first-order chi connectivity index (χ1) is 14.7. The zero-order chi connectivity index (χ0) is 22.2. The smallest absolute Gasteiger partial charge is 0.394 e. The van der Waals surface area contributed by atoms with E-state index in [1.807, 2.05) is 12.1 Å². The molecule has 4 rings (SSSR count). The molecule has 1 atom stereocenters. The van der Waals surface area contributed by atoms with Gasteiger partial charge in [0.25, 0.3) is 0 Å². The number of carbonyl (C=O) groups is 1. The third-order valence-electron chi connectivity index (χ3n) is 5.31. The SMILES string of the molecule is N[C@H](CO)C(=O)N1CCc2cc(Nc3ncc(C(F)(F)F)c(NC4CC4)n3)ccc2C1. The van der Waals surface area contributed by atoms with Crippen molar-refractivity contribution < 1.29 is 23.1 Å². The molecular formula is C20H23F3N6O2. The van der Waals surface area contributed by atoms with Gasteiger partial charge in [0.15, 0.2) is 0 Å². The summed E-state index contributed by atoms with van der Waals surface area (Å²) in [6.07, 6.45) is -1.53. The largest absolute Gasteiger partial charge is 0.421 e. The molecule has 166 valence electrons. The number of hydrogen-bond donors (Lipinski definition) is 4. The maximum absolute atomic E-state index is 13.2. The molecule has 1 aliphatic heterocycles. The molecule has 1 fully saturated rings. The minimum absolute atomic E-state index is 0.0113. The van der Waals surface area contributed by atoms with Gasteiger partial charge in [-0.2, -0.15) is 18.2 Å². The summed E-state index contributed by atoms with van der Waals surface area (Å²) < 4.78 is 39.7. The van der Waals surface area contributed by atoms with Crippen molar-refractivity contribution >= 4 is 23.4 Å². The summed E-state index contributed by atoms with van der Waals surface area (Å²) in [5.41, 5.74) is 7.33. The van der Waals surface area contributed by atoms with Crippen LogP contribution in [0.1, 0.15) is 29.5 Å². The molecule has 2 heterocycles. The monoisotopic (exact) mass is 436 g/mol. The Hall–Kier alpha value is -2.92. The van der Waals surface area contributed by atoms with E-state index in [4.69, 9.17) is 10.8 Å². The molecule has 0 radical (unpaired) electrons. The Bertz CT molecular complexity index is 980. The van der Waals surface area contributed by atoms with E-state index in [-0.39, 0.29) is 23.7 Å². The number of nitrogens with one attached hydrogen (secondary N) is 2. The zero-order valence-corrected chi connectivity index (χ0v) is 16.6. The van der Waals surface area contributed by atoms with Gasteiger partial charge in [-0.05, 0) is 42.5 Å². The maximum Gasteiger partial charge on any atom is 0.421 e. The van der Waals surface area contributed by atoms with Crippen molar-refractivity contribution in [3.63, 3.8) is 0 Å². The fourth-order valence-electron chi connectivity index (χ4n) is 3.44. The van der Waals surface area contributed by atoms with Crippen LogP contribution >= 0.6 is 0 Å². The molecular weight excluding hydrogens is 413 g/mol. The molecule has 8 nitrogen and oxygen atoms in total. The van der Waals surface area contributed by atoms with Crippen LogP contribution in [0.15, 0.2) is 24.4 Å². The Kier molecular flexibility index (Phi) is 5.71. The van der Waals surface area contributed by atoms with Crippen LogP contribution in [0.5, 0.6) is 0 Å². The van der Waals surface area contributed by atoms with Gasteiger partial charge in [-0.1, -0.05) is 6.07 Å². The summed E-state index contributed by atoms with van der Waals surface area (Å²) in [7, 11) is 0. The number of nitrogens with two attached hydrogens (primary N) is 1. The molecule has 0 bridgehead atoms. The normalized spacial score (nSPS) is 17.1. The quantitative estimate of drug-likeness (QED) is 0.547. The molecule has 11 heteroatoms. The molecule has 31 heavy (non-hydrogen) atoms. The first-order valence-electron chi connectivity index (χ1n) is 9.99. The van der Waals surface area contributed by atoms with Crippen LogP contribution in [0.2, 0.25) is 0 Å². The van der Waals surface area contributed by atoms with Gasteiger partial charge in [0.2, 0.25) is 11.9 Å². The average molecular weight is 436 g/mol. The predicted molar refractivity (Wildman–Crippen MR) is 108 cm³/mol. The second-order valence-corrected chi connectivity index (χ2v) is 7.78. The maximum atomic E-state index is 13.2. The van der Waals surface area contributed by atoms with Gasteiger partial charge in [0, 0.05) is 31.0 Å². The minimum Gasteiger partial charge on any atom is -0.394 e. The number of alkyl halides is 3. The number of benzene rings is 1. The lowest BCUT2D eigenvalue weighted by Crippen LogP contribution is -2.47. The molecule has 1 aromatic carbocycles. The first-order valence-corrected chi connectivity index (χ1v) is 9.99. The number of carbonyl (C=O) groups excluding carboxylic acids is 1. The number of hydrogen-bond acceptors (Lipinski definition) is 7. The highest BCUT2D eigenvalue weighted by molar-refractivity contribution is 5.82. The van der Waals surface area contributed by atoms with Crippen molar-refractivity contribution in [1.82, 2.24) is 14.9 Å². The van der Waals surface area contributed by atoms with Crippen LogP contribution in [0, 0.1) is 0 Å². The minimum atomic E-state index is -4.54. The van der Waals surface area contributed by atoms with Crippen molar-refractivity contribution in [3.8, 4) is 0 Å². The number of amides is 1. The second-order valence-electron chi connectivity index (χ2n) is 7.78. The highest BCUT2D eigenvalue weighted by Gasteiger charge is 2.37. The summed E-state index contributed by atoms with van der Waals surface area (Å²) >= 11 is 0. The lowest BCUT2D eigenvalue weighted by molar-refractivity contribution is -0.137. The Balaban J connectivity index is 1.50. The lowest BCUT2D eigenvalue weighted by Gasteiger charge is -2.30. The predicted octanol–water partition coefficient (Wildman–Crippen LogP) is 2.02. The lowest BCUT2D eigenvalue weighted by atomic mass is 9.98. The summed E-state index contributed by atoms with van der Waals surface area (Å²) in [5.74, 6) is -0.457. The molecule has 2 aliphatic rings. The van der Waals surface area contributed by atoms with Gasteiger partial charge >= 0.3 is 6.18 Å². The van der Waals surface area contributed by atoms with Crippen molar-refractivity contribution in [1.29, 1.82) is 0 Å². The molecule has 1 aliphatic carbocycles. The van der Waals surface area contributed by atoms with Gasteiger partial charge in [-0.15, -0.1) is 0 Å². The number of fused-ring (bicyclic) bond motifs is 1. The van der Waals surface area contributed by atoms with Crippen LogP contribution in [0.3, 0.4) is 0 Å². The molecule has 1 saturated carbocycles. The number of rotatable bonds is 6. The van der Waals surface area contributed by atoms with E-state index in [0.717, 1.165) is 30.2 Å². The molecule has 2 aromatic rings. The topological polar surface area (TPSA) is 116 Å². The number of aromatic nitrogens is 2. The van der Waals surface area contributed by atoms with Gasteiger partial charge < -0.3 is 26.4 Å². The summed E-state index contributed by atoms with van der Waals surface area (Å²) in [5, 5.41) is 14.9. The number of nitrogens with zero attached hydrogens (tertiary/aromatic N) is 3. The van der Waals surface area contributed by atoms with Crippen LogP contribution in [0.4, 0.5) is 30.6 Å². The Morgan fingerprint density at radius 1 is 1.32 bits per heavy atom. The Labute approximate surface area is 176 Å². The summed E-state index contributed by atoms with van der Waals surface area (Å²) in [4.78, 5) is 21.7. The first kappa shape index (κ1) is 21.3. The van der Waals surface area contributed by atoms with Crippen molar-refractivity contribution in [3.05, 3.63) is 41.1 Å². The molecule has 0 spiro atoms. The third kappa shape index (κ3) is 4.88. The molecule has 1 amide bonds. The van der Waals surface area contributed by atoms with Crippen LogP contribution in [0.25, 0.3) is 0 Å². The fourth-order valence-corrected chi connectivity index (χ4v) is 3.44. The van der Waals surface area contributed by atoms with Crippen LogP contribution in [-0.2, 0) is 23.9 Å². The van der Waals surface area contributed by atoms with Crippen LogP contribution in [-0.4, -0.2) is 51.1 Å². The van der Waals surface area contributed by atoms with Gasteiger partial charge in [0.1, 0.15) is 17.4 Å². The number of aliphatic hydroxyl groups is 1. The van der Waals surface area contributed by atoms with Gasteiger partial charge in [-0.3, -0.25) is 4.79 Å². The highest BCUT2D eigenvalue weighted by atomic mass is 19.4. The molecule has 0 saturated heterocycles. The third-order valence-corrected chi connectivity index (χ3v) is 5.31. The van der Waals surface area contributed by atoms with Gasteiger partial charge in [0.05, 0.1) is 6.61 Å². The van der Waals surface area contributed by atoms with E-state index in [1.165, 1.54) is 0 Å². The van der Waals surface area contributed by atoms with E-state index in [2.05, 4.69) is 20.6 Å². The average Bonchev–Trinajstić information content (AvgIpc) is 3.55. The van der Waals surface area contributed by atoms with E-state index in [0.29, 0.717) is 25.2 Å². The highest BCUT2D eigenvalue weighted by Crippen LogP contribution is 2.36. The Morgan fingerprint density at radius 2 is 2.10 bits per heavy atom. The second kappa shape index (κ2) is 8.31. The number of anilines is 3. The zero-order valence-electron chi connectivity index (χ0n) is 16.6. The molecule has 1 aromatic heterocycles. The van der Waals surface area contributed by atoms with Gasteiger partial charge in [-0.25, -0.2) is 4.98 Å². The number of halogens is 3. The van der Waals surface area contributed by atoms with E-state index in [9.17, 15) is 18.0 Å².